The van der Waals surface area contributed by atoms with Crippen LogP contribution in [0.25, 0.3) is 0 Å². The molecule has 1 aliphatic heterocycles. The van der Waals surface area contributed by atoms with E-state index in [-0.39, 0.29) is 56.5 Å². The minimum atomic E-state index is -1.61. The van der Waals surface area contributed by atoms with Gasteiger partial charge in [0, 0.05) is 56.7 Å². The predicted molar refractivity (Wildman–Crippen MR) is 233 cm³/mol. The summed E-state index contributed by atoms with van der Waals surface area (Å²) < 4.78 is 5.41. The molecule has 1 aromatic carbocycles. The van der Waals surface area contributed by atoms with Crippen LogP contribution in [0.1, 0.15) is 102 Å². The van der Waals surface area contributed by atoms with E-state index in [1.54, 1.807) is 27.0 Å². The molecule has 5 amide bonds. The fourth-order valence-corrected chi connectivity index (χ4v) is 8.70. The molecule has 8 N–H and O–H groups in total. The van der Waals surface area contributed by atoms with E-state index in [4.69, 9.17) is 4.74 Å². The van der Waals surface area contributed by atoms with E-state index < -0.39 is 53.3 Å². The van der Waals surface area contributed by atoms with Gasteiger partial charge >= 0.3 is 0 Å². The van der Waals surface area contributed by atoms with Crippen LogP contribution in [0.2, 0.25) is 0 Å². The van der Waals surface area contributed by atoms with E-state index in [0.717, 1.165) is 30.7 Å². The molecule has 0 bridgehead atoms. The van der Waals surface area contributed by atoms with Crippen LogP contribution in [0.3, 0.4) is 0 Å². The number of aromatic nitrogens is 6. The molecule has 2 aromatic heterocycles. The zero-order valence-electron chi connectivity index (χ0n) is 37.1. The van der Waals surface area contributed by atoms with Gasteiger partial charge in [0.05, 0.1) is 38.7 Å². The van der Waals surface area contributed by atoms with Crippen molar-refractivity contribution in [3.63, 3.8) is 0 Å². The molecule has 63 heavy (non-hydrogen) atoms. The number of morpholine rings is 1. The fraction of sp³-hybridized carbons (Fsp3) is 0.659. The maximum Gasteiger partial charge on any atom is 0.246 e. The number of aromatic amines is 2. The molecule has 3 aromatic rings. The van der Waals surface area contributed by atoms with Crippen molar-refractivity contribution in [2.45, 2.75) is 128 Å². The van der Waals surface area contributed by atoms with Gasteiger partial charge < -0.3 is 41.4 Å². The van der Waals surface area contributed by atoms with Crippen LogP contribution in [0, 0.1) is 17.8 Å². The van der Waals surface area contributed by atoms with Gasteiger partial charge in [-0.25, -0.2) is 4.98 Å². The molecule has 2 aliphatic rings. The zero-order chi connectivity index (χ0) is 45.0. The lowest BCUT2D eigenvalue weighted by Gasteiger charge is -2.43. The van der Waals surface area contributed by atoms with Crippen LogP contribution >= 0.6 is 0 Å². The number of imidazole rings is 1. The van der Waals surface area contributed by atoms with E-state index in [1.807, 2.05) is 35.2 Å². The van der Waals surface area contributed by atoms with Crippen LogP contribution in [0.4, 0.5) is 0 Å². The summed E-state index contributed by atoms with van der Waals surface area (Å²) in [7, 11) is 0. The molecular weight excluding hydrogens is 809 g/mol. The van der Waals surface area contributed by atoms with Gasteiger partial charge in [-0.05, 0) is 23.8 Å². The number of carbonyl (C=O) groups excluding carboxylic acids is 5. The average Bonchev–Trinajstić information content (AvgIpc) is 4.02. The molecule has 2 fully saturated rings. The molecule has 0 radical (unpaired) electrons. The Morgan fingerprint density at radius 1 is 0.905 bits per heavy atom. The molecule has 3 heterocycles. The van der Waals surface area contributed by atoms with Gasteiger partial charge in [-0.15, -0.1) is 10.2 Å². The Kier molecular flexibility index (Phi) is 19.5. The SMILES string of the molecule is CC(C)[C@@](NC(=O)CCCCCC1CCCCC1)(C(=O)NCc1nn[nH]n1)[C@@H](C)C(O)CNC(=O)[C@H](Cc1cnc[nH]1)NC(=O)[C@H](Cc1ccccc1)NC(=O)CN1CCOCC1. The standard InChI is InChI=1S/C44H68N12O7/c1-30(2)44(43(62)47-27-38-52-54-55-53-38,51-39(58)18-12-6-9-15-32-13-7-4-8-14-32)31(3)37(57)26-46-41(60)36(24-34-25-45-29-48-34)50-42(61)35(23-33-16-10-5-11-17-33)49-40(59)28-56-19-21-63-22-20-56/h5,10-11,16-17,25,29-32,35-37,57H,4,6-9,12-15,18-24,26-28H2,1-3H3,(H,45,48)(H,46,60)(H,47,62)(H,49,59)(H,50,61)(H,51,58)(H,52,53,54,55)/t31-,35-,36-,37?,44-/m0/s1. The second-order valence-corrected chi connectivity index (χ2v) is 17.3. The van der Waals surface area contributed by atoms with Crippen molar-refractivity contribution >= 4 is 29.5 Å². The lowest BCUT2D eigenvalue weighted by Crippen LogP contribution is -2.68. The number of tetrazole rings is 1. The Bertz CT molecular complexity index is 1840. The number of hydrogen-bond acceptors (Lipinski definition) is 12. The van der Waals surface area contributed by atoms with Crippen LogP contribution < -0.4 is 26.6 Å². The highest BCUT2D eigenvalue weighted by Crippen LogP contribution is 2.31. The van der Waals surface area contributed by atoms with Crippen LogP contribution in [0.5, 0.6) is 0 Å². The van der Waals surface area contributed by atoms with Crippen LogP contribution in [-0.4, -0.2) is 133 Å². The second kappa shape index (κ2) is 25.1. The quantitative estimate of drug-likeness (QED) is 0.0564. The number of hydrogen-bond donors (Lipinski definition) is 8. The number of aliphatic hydroxyl groups is 1. The Morgan fingerprint density at radius 3 is 2.33 bits per heavy atom. The van der Waals surface area contributed by atoms with Crippen molar-refractivity contribution in [3.05, 3.63) is 59.9 Å². The molecule has 1 aliphatic carbocycles. The van der Waals surface area contributed by atoms with E-state index in [2.05, 4.69) is 57.2 Å². The monoisotopic (exact) mass is 877 g/mol. The number of amides is 5. The van der Waals surface area contributed by atoms with E-state index in [9.17, 15) is 29.1 Å². The van der Waals surface area contributed by atoms with Gasteiger partial charge in [0.15, 0.2) is 5.82 Å². The molecular formula is C44H68N12O7. The van der Waals surface area contributed by atoms with Crippen molar-refractivity contribution < 1.29 is 33.8 Å². The number of rotatable bonds is 25. The van der Waals surface area contributed by atoms with Gasteiger partial charge in [-0.3, -0.25) is 28.9 Å². The first kappa shape index (κ1) is 48.8. The lowest BCUT2D eigenvalue weighted by molar-refractivity contribution is -0.141. The average molecular weight is 877 g/mol. The minimum Gasteiger partial charge on any atom is -0.391 e. The molecule has 19 nitrogen and oxygen atoms in total. The van der Waals surface area contributed by atoms with Crippen molar-refractivity contribution in [2.24, 2.45) is 17.8 Å². The summed E-state index contributed by atoms with van der Waals surface area (Å²) in [4.78, 5) is 78.3. The first-order valence-corrected chi connectivity index (χ1v) is 22.6. The third-order valence-electron chi connectivity index (χ3n) is 12.5. The van der Waals surface area contributed by atoms with Gasteiger partial charge in [0.25, 0.3) is 0 Å². The molecule has 0 spiro atoms. The number of ether oxygens (including phenoxy) is 1. The predicted octanol–water partition coefficient (Wildman–Crippen LogP) is 1.48. The number of nitrogens with one attached hydrogen (secondary N) is 7. The topological polar surface area (TPSA) is 261 Å². The van der Waals surface area contributed by atoms with Crippen LogP contribution in [0.15, 0.2) is 42.9 Å². The zero-order valence-corrected chi connectivity index (χ0v) is 37.1. The summed E-state index contributed by atoms with van der Waals surface area (Å²) in [6.45, 7) is 7.16. The highest BCUT2D eigenvalue weighted by atomic mass is 16.5. The molecule has 19 heteroatoms. The van der Waals surface area contributed by atoms with Crippen molar-refractivity contribution in [2.75, 3.05) is 39.4 Å². The summed E-state index contributed by atoms with van der Waals surface area (Å²) in [6, 6.07) is 7.10. The largest absolute Gasteiger partial charge is 0.391 e. The van der Waals surface area contributed by atoms with E-state index in [1.165, 1.54) is 38.4 Å². The van der Waals surface area contributed by atoms with E-state index >= 15 is 0 Å². The summed E-state index contributed by atoms with van der Waals surface area (Å²) >= 11 is 0. The number of H-pyrrole nitrogens is 2. The first-order valence-electron chi connectivity index (χ1n) is 22.6. The Balaban J connectivity index is 1.26. The fourth-order valence-electron chi connectivity index (χ4n) is 8.70. The summed E-state index contributed by atoms with van der Waals surface area (Å²) in [5, 5.41) is 39.9. The molecule has 1 saturated heterocycles. The maximum atomic E-state index is 14.3. The lowest BCUT2D eigenvalue weighted by atomic mass is 9.72. The number of carbonyl (C=O) groups is 5. The van der Waals surface area contributed by atoms with Gasteiger partial charge in [0.2, 0.25) is 29.5 Å². The summed E-state index contributed by atoms with van der Waals surface area (Å²) in [5.41, 5.74) is -0.234. The smallest absolute Gasteiger partial charge is 0.246 e. The molecule has 5 rings (SSSR count). The highest BCUT2D eigenvalue weighted by molar-refractivity contribution is 5.93. The Hall–Kier alpha value is -5.27. The molecule has 346 valence electrons. The first-order chi connectivity index (χ1) is 30.4. The number of nitrogens with zero attached hydrogens (tertiary/aromatic N) is 5. The number of aliphatic hydroxyl groups excluding tert-OH is 1. The molecule has 1 unspecified atom stereocenters. The summed E-state index contributed by atoms with van der Waals surface area (Å²) in [6.07, 6.45) is 12.3. The third-order valence-corrected chi connectivity index (χ3v) is 12.5. The van der Waals surface area contributed by atoms with Crippen molar-refractivity contribution in [1.82, 2.24) is 62.1 Å². The molecule has 5 atom stereocenters. The number of benzene rings is 1. The maximum absolute atomic E-state index is 14.3. The van der Waals surface area contributed by atoms with E-state index in [0.29, 0.717) is 38.4 Å². The highest BCUT2D eigenvalue weighted by Gasteiger charge is 2.50. The second-order valence-electron chi connectivity index (χ2n) is 17.3. The normalized spacial score (nSPS) is 17.7. The summed E-state index contributed by atoms with van der Waals surface area (Å²) in [5.74, 6) is -2.82. The van der Waals surface area contributed by atoms with Gasteiger partial charge in [-0.2, -0.15) is 5.21 Å². The van der Waals surface area contributed by atoms with Gasteiger partial charge in [-0.1, -0.05) is 108 Å². The third kappa shape index (κ3) is 15.2. The molecule has 1 saturated carbocycles. The van der Waals surface area contributed by atoms with Crippen molar-refractivity contribution in [3.8, 4) is 0 Å². The number of unbranched alkanes of at least 4 members (excludes halogenated alkanes) is 2. The Labute approximate surface area is 369 Å². The van der Waals surface area contributed by atoms with Crippen molar-refractivity contribution in [1.29, 1.82) is 0 Å². The van der Waals surface area contributed by atoms with Gasteiger partial charge in [0.1, 0.15) is 17.6 Å². The Morgan fingerprint density at radius 2 is 1.65 bits per heavy atom. The van der Waals surface area contributed by atoms with Crippen LogP contribution in [-0.2, 0) is 48.1 Å². The minimum absolute atomic E-state index is 0.0220.